The van der Waals surface area contributed by atoms with Gasteiger partial charge >= 0.3 is 5.76 Å². The molecule has 1 aromatic heterocycles. The van der Waals surface area contributed by atoms with Crippen molar-refractivity contribution in [3.05, 3.63) is 28.7 Å². The summed E-state index contributed by atoms with van der Waals surface area (Å²) in [6.45, 7) is 2.79. The van der Waals surface area contributed by atoms with Gasteiger partial charge in [0.05, 0.1) is 10.4 Å². The van der Waals surface area contributed by atoms with E-state index in [4.69, 9.17) is 10.2 Å². The summed E-state index contributed by atoms with van der Waals surface area (Å²) >= 11 is 0. The van der Waals surface area contributed by atoms with E-state index in [2.05, 4.69) is 0 Å². The van der Waals surface area contributed by atoms with Crippen LogP contribution in [0.25, 0.3) is 11.1 Å². The molecule has 23 heavy (non-hydrogen) atoms. The van der Waals surface area contributed by atoms with Crippen molar-refractivity contribution < 1.29 is 12.8 Å². The van der Waals surface area contributed by atoms with Crippen molar-refractivity contribution in [3.63, 3.8) is 0 Å². The van der Waals surface area contributed by atoms with Crippen molar-refractivity contribution in [1.29, 1.82) is 0 Å². The number of sulfonamides is 1. The number of halogens is 1. The molecule has 128 valence electrons. The topological polar surface area (TPSA) is 98.5 Å². The summed E-state index contributed by atoms with van der Waals surface area (Å²) < 4.78 is 33.2. The largest absolute Gasteiger partial charge is 0.419 e. The molecule has 2 unspecified atom stereocenters. The van der Waals surface area contributed by atoms with Gasteiger partial charge in [-0.25, -0.2) is 13.2 Å². The zero-order valence-corrected chi connectivity index (χ0v) is 14.6. The maximum absolute atomic E-state index is 12.7. The second-order valence-corrected chi connectivity index (χ2v) is 7.77. The van der Waals surface area contributed by atoms with E-state index in [1.165, 1.54) is 21.0 Å². The van der Waals surface area contributed by atoms with Gasteiger partial charge in [-0.2, -0.15) is 4.31 Å². The molecule has 0 radical (unpaired) electrons. The van der Waals surface area contributed by atoms with Crippen molar-refractivity contribution >= 4 is 33.5 Å². The number of fused-ring (bicyclic) bond motifs is 1. The van der Waals surface area contributed by atoms with Gasteiger partial charge in [0.2, 0.25) is 10.0 Å². The van der Waals surface area contributed by atoms with Gasteiger partial charge in [0, 0.05) is 32.2 Å². The Bertz CT molecular complexity index is 872. The average Bonchev–Trinajstić information content (AvgIpc) is 3.05. The molecule has 2 heterocycles. The summed E-state index contributed by atoms with van der Waals surface area (Å²) in [5.74, 6) is -0.337. The number of aromatic nitrogens is 1. The lowest BCUT2D eigenvalue weighted by Gasteiger charge is -2.18. The van der Waals surface area contributed by atoms with Crippen LogP contribution in [-0.2, 0) is 17.1 Å². The van der Waals surface area contributed by atoms with Crippen LogP contribution in [0.2, 0.25) is 0 Å². The molecule has 2 aromatic rings. The van der Waals surface area contributed by atoms with E-state index in [1.54, 1.807) is 13.1 Å². The molecule has 0 aliphatic carbocycles. The monoisotopic (exact) mass is 361 g/mol. The molecule has 1 saturated heterocycles. The molecule has 0 amide bonds. The zero-order valence-electron chi connectivity index (χ0n) is 12.9. The van der Waals surface area contributed by atoms with E-state index in [0.717, 1.165) is 6.42 Å². The fourth-order valence-corrected chi connectivity index (χ4v) is 4.35. The zero-order chi connectivity index (χ0) is 16.1. The summed E-state index contributed by atoms with van der Waals surface area (Å²) in [5, 5.41) is 0. The highest BCUT2D eigenvalue weighted by atomic mass is 35.5. The molecule has 0 saturated carbocycles. The maximum Gasteiger partial charge on any atom is 0.419 e. The van der Waals surface area contributed by atoms with Gasteiger partial charge < -0.3 is 10.2 Å². The normalized spacial score (nSPS) is 20.6. The Hall–Kier alpha value is -1.35. The van der Waals surface area contributed by atoms with Crippen molar-refractivity contribution in [2.45, 2.75) is 24.3 Å². The minimum absolute atomic E-state index is 0. The van der Waals surface area contributed by atoms with Gasteiger partial charge in [0.15, 0.2) is 5.58 Å². The highest BCUT2D eigenvalue weighted by molar-refractivity contribution is 7.89. The Morgan fingerprint density at radius 3 is 2.70 bits per heavy atom. The van der Waals surface area contributed by atoms with E-state index in [9.17, 15) is 13.2 Å². The number of nitrogens with two attached hydrogens (primary N) is 1. The third-order valence-corrected chi connectivity index (χ3v) is 6.19. The molecule has 2 N–H and O–H groups in total. The molecule has 2 atom stereocenters. The van der Waals surface area contributed by atoms with E-state index in [0.29, 0.717) is 18.6 Å². The van der Waals surface area contributed by atoms with Crippen LogP contribution < -0.4 is 11.5 Å². The predicted octanol–water partition coefficient (Wildman–Crippen LogP) is 0.911. The second kappa shape index (κ2) is 6.27. The Kier molecular flexibility index (Phi) is 4.91. The Labute approximate surface area is 140 Å². The number of hydrogen-bond donors (Lipinski definition) is 1. The molecule has 1 aromatic carbocycles. The fourth-order valence-electron chi connectivity index (χ4n) is 2.83. The van der Waals surface area contributed by atoms with Gasteiger partial charge in [-0.1, -0.05) is 0 Å². The Morgan fingerprint density at radius 2 is 2.09 bits per heavy atom. The number of hydrogen-bond acceptors (Lipinski definition) is 5. The Balaban J connectivity index is 0.00000192. The van der Waals surface area contributed by atoms with Crippen LogP contribution in [0.15, 0.2) is 32.3 Å². The van der Waals surface area contributed by atoms with Crippen molar-refractivity contribution in [1.82, 2.24) is 8.87 Å². The lowest BCUT2D eigenvalue weighted by atomic mass is 10.0. The van der Waals surface area contributed by atoms with E-state index in [1.807, 2.05) is 6.92 Å². The summed E-state index contributed by atoms with van der Waals surface area (Å²) in [7, 11) is -2.01. The van der Waals surface area contributed by atoms with Gasteiger partial charge in [0.1, 0.15) is 0 Å². The van der Waals surface area contributed by atoms with Gasteiger partial charge in [0.25, 0.3) is 0 Å². The Morgan fingerprint density at radius 1 is 1.39 bits per heavy atom. The van der Waals surface area contributed by atoms with Crippen LogP contribution in [0, 0.1) is 5.92 Å². The molecular weight excluding hydrogens is 342 g/mol. The molecule has 1 fully saturated rings. The fraction of sp³-hybridized carbons (Fsp3) is 0.500. The number of nitrogens with zero attached hydrogens (tertiary/aromatic N) is 2. The number of aryl methyl sites for hydroxylation is 1. The lowest BCUT2D eigenvalue weighted by Crippen LogP contribution is -2.33. The summed E-state index contributed by atoms with van der Waals surface area (Å²) in [5.41, 5.74) is 6.70. The molecule has 9 heteroatoms. The minimum Gasteiger partial charge on any atom is -0.408 e. The van der Waals surface area contributed by atoms with Crippen molar-refractivity contribution in [3.8, 4) is 0 Å². The van der Waals surface area contributed by atoms with E-state index in [-0.39, 0.29) is 34.8 Å². The van der Waals surface area contributed by atoms with Crippen LogP contribution >= 0.6 is 12.4 Å². The van der Waals surface area contributed by atoms with Gasteiger partial charge in [-0.3, -0.25) is 4.57 Å². The van der Waals surface area contributed by atoms with Crippen molar-refractivity contribution in [2.75, 3.05) is 13.1 Å². The minimum atomic E-state index is -3.59. The first-order valence-electron chi connectivity index (χ1n) is 7.16. The smallest absolute Gasteiger partial charge is 0.408 e. The standard InChI is InChI=1S/C14H19N3O4S.ClH/c1-9(15)10-5-6-17(8-10)22(19,20)11-3-4-12-13(7-11)21-14(18)16(12)2;/h3-4,7,9-10H,5-6,8,15H2,1-2H3;1H. The second-order valence-electron chi connectivity index (χ2n) is 5.83. The first-order chi connectivity index (χ1) is 10.3. The third kappa shape index (κ3) is 3.03. The quantitative estimate of drug-likeness (QED) is 0.876. The van der Waals surface area contributed by atoms with Gasteiger partial charge in [-0.05, 0) is 31.4 Å². The van der Waals surface area contributed by atoms with Crippen LogP contribution in [0.4, 0.5) is 0 Å². The lowest BCUT2D eigenvalue weighted by molar-refractivity contribution is 0.429. The molecule has 3 rings (SSSR count). The summed E-state index contributed by atoms with van der Waals surface area (Å²) in [6, 6.07) is 4.47. The van der Waals surface area contributed by atoms with Crippen molar-refractivity contribution in [2.24, 2.45) is 18.7 Å². The number of benzene rings is 1. The van der Waals surface area contributed by atoms with E-state index < -0.39 is 15.8 Å². The highest BCUT2D eigenvalue weighted by Gasteiger charge is 2.34. The molecule has 7 nitrogen and oxygen atoms in total. The highest BCUT2D eigenvalue weighted by Crippen LogP contribution is 2.27. The van der Waals surface area contributed by atoms with E-state index >= 15 is 0 Å². The van der Waals surface area contributed by atoms with Crippen LogP contribution in [-0.4, -0.2) is 36.4 Å². The average molecular weight is 362 g/mol. The first-order valence-corrected chi connectivity index (χ1v) is 8.60. The summed E-state index contributed by atoms with van der Waals surface area (Å²) in [6.07, 6.45) is 0.763. The number of rotatable bonds is 3. The first kappa shape index (κ1) is 18.0. The molecular formula is C14H20ClN3O4S. The molecule has 0 spiro atoms. The summed E-state index contributed by atoms with van der Waals surface area (Å²) in [4.78, 5) is 11.6. The van der Waals surface area contributed by atoms with Crippen LogP contribution in [0.5, 0.6) is 0 Å². The molecule has 1 aliphatic heterocycles. The number of oxazole rings is 1. The molecule has 1 aliphatic rings. The predicted molar refractivity (Wildman–Crippen MR) is 89.2 cm³/mol. The van der Waals surface area contributed by atoms with Crippen LogP contribution in [0.1, 0.15) is 13.3 Å². The third-order valence-electron chi connectivity index (χ3n) is 4.33. The molecule has 0 bridgehead atoms. The SMILES string of the molecule is CC(N)C1CCN(S(=O)(=O)c2ccc3c(c2)oc(=O)n3C)C1.Cl. The van der Waals surface area contributed by atoms with Gasteiger partial charge in [-0.15, -0.1) is 12.4 Å². The van der Waals surface area contributed by atoms with Crippen LogP contribution in [0.3, 0.4) is 0 Å². The maximum atomic E-state index is 12.7.